The number of anilines is 3. The third-order valence-electron chi connectivity index (χ3n) is 8.74. The molecule has 0 aliphatic heterocycles. The van der Waals surface area contributed by atoms with Crippen LogP contribution in [0.4, 0.5) is 16.4 Å². The van der Waals surface area contributed by atoms with Crippen LogP contribution >= 0.6 is 11.3 Å². The summed E-state index contributed by atoms with van der Waals surface area (Å²) in [6.45, 7) is 13.7. The van der Waals surface area contributed by atoms with E-state index in [1.54, 1.807) is 40.4 Å². The van der Waals surface area contributed by atoms with Crippen LogP contribution in [0.25, 0.3) is 33.2 Å². The van der Waals surface area contributed by atoms with Crippen LogP contribution < -0.4 is 14.2 Å². The van der Waals surface area contributed by atoms with E-state index in [0.29, 0.717) is 40.6 Å². The lowest BCUT2D eigenvalue weighted by atomic mass is 9.87. The molecule has 6 rings (SSSR count). The molecule has 0 aliphatic carbocycles. The highest BCUT2D eigenvalue weighted by Gasteiger charge is 2.21. The van der Waals surface area contributed by atoms with Gasteiger partial charge in [-0.1, -0.05) is 65.8 Å². The molecule has 9 heteroatoms. The van der Waals surface area contributed by atoms with E-state index in [1.807, 2.05) is 24.3 Å². The maximum Gasteiger partial charge on any atom is 0.298 e. The first-order valence-electron chi connectivity index (χ1n) is 16.7. The van der Waals surface area contributed by atoms with Crippen LogP contribution in [0.2, 0.25) is 0 Å². The van der Waals surface area contributed by atoms with Gasteiger partial charge in [-0.25, -0.2) is 4.89 Å². The van der Waals surface area contributed by atoms with Crippen molar-refractivity contribution in [3.8, 4) is 39.0 Å². The van der Waals surface area contributed by atoms with Gasteiger partial charge in [0.2, 0.25) is 0 Å². The molecule has 0 bridgehead atoms. The van der Waals surface area contributed by atoms with Gasteiger partial charge in [0, 0.05) is 41.8 Å². The monoisotopic (exact) mass is 698 g/mol. The Morgan fingerprint density at radius 3 is 1.84 bits per heavy atom. The van der Waals surface area contributed by atoms with E-state index < -0.39 is 0 Å². The van der Waals surface area contributed by atoms with E-state index >= 15 is 0 Å². The molecule has 6 aromatic rings. The van der Waals surface area contributed by atoms with E-state index in [0.717, 1.165) is 26.8 Å². The van der Waals surface area contributed by atoms with Gasteiger partial charge < -0.3 is 14.2 Å². The SMILES string of the molecule is [CH2-][n+]1c(-c2cc(OC=O)ccn2)cc(COO)cc1-c1cc(-c2ccc(N(c3ccc(C(C)(C)C)cc3)c3ccc(C(C)(C)C)cc3)s2)ccn1. The van der Waals surface area contributed by atoms with Crippen molar-refractivity contribution in [3.05, 3.63) is 133 Å². The van der Waals surface area contributed by atoms with E-state index in [9.17, 15) is 10.1 Å². The quantitative estimate of drug-likeness (QED) is 0.0501. The zero-order valence-corrected chi connectivity index (χ0v) is 30.6. The number of benzene rings is 2. The second-order valence-electron chi connectivity index (χ2n) is 14.4. The van der Waals surface area contributed by atoms with Crippen molar-refractivity contribution < 1.29 is 24.2 Å². The van der Waals surface area contributed by atoms with E-state index in [1.165, 1.54) is 11.1 Å². The summed E-state index contributed by atoms with van der Waals surface area (Å²) in [6, 6.07) is 32.9. The molecule has 0 fully saturated rings. The van der Waals surface area contributed by atoms with Crippen LogP contribution in [0.5, 0.6) is 5.75 Å². The molecule has 8 nitrogen and oxygen atoms in total. The normalized spacial score (nSPS) is 11.7. The van der Waals surface area contributed by atoms with Crippen LogP contribution in [0.3, 0.4) is 0 Å². The first-order chi connectivity index (χ1) is 24.4. The van der Waals surface area contributed by atoms with Gasteiger partial charge >= 0.3 is 0 Å². The average molecular weight is 699 g/mol. The lowest BCUT2D eigenvalue weighted by molar-refractivity contribution is -0.589. The van der Waals surface area contributed by atoms with Crippen LogP contribution in [0.15, 0.2) is 109 Å². The number of carbonyl (C=O) groups excluding carboxylic acids is 1. The second-order valence-corrected chi connectivity index (χ2v) is 15.5. The summed E-state index contributed by atoms with van der Waals surface area (Å²) in [7, 11) is 4.31. The summed E-state index contributed by atoms with van der Waals surface area (Å²) >= 11 is 1.70. The predicted octanol–water partition coefficient (Wildman–Crippen LogP) is 10.1. The molecule has 2 aromatic carbocycles. The Balaban J connectivity index is 1.40. The molecule has 51 heavy (non-hydrogen) atoms. The number of carbonyl (C=O) groups is 1. The Hall–Kier alpha value is -5.35. The zero-order valence-electron chi connectivity index (χ0n) is 29.8. The second kappa shape index (κ2) is 14.5. The fourth-order valence-electron chi connectivity index (χ4n) is 5.89. The maximum atomic E-state index is 11.0. The number of pyridine rings is 3. The summed E-state index contributed by atoms with van der Waals surface area (Å²) in [4.78, 5) is 28.0. The van der Waals surface area contributed by atoms with Crippen LogP contribution in [0, 0.1) is 7.05 Å². The highest BCUT2D eigenvalue weighted by atomic mass is 32.1. The largest absolute Gasteiger partial charge is 0.429 e. The summed E-state index contributed by atoms with van der Waals surface area (Å²) in [5, 5.41) is 10.4. The van der Waals surface area contributed by atoms with E-state index in [2.05, 4.69) is 124 Å². The lowest BCUT2D eigenvalue weighted by Crippen LogP contribution is -2.32. The summed E-state index contributed by atoms with van der Waals surface area (Å²) in [5.74, 6) is 0.346. The minimum atomic E-state index is -0.0529. The van der Waals surface area contributed by atoms with Crippen molar-refractivity contribution >= 4 is 34.2 Å². The molecule has 4 heterocycles. The lowest BCUT2D eigenvalue weighted by Gasteiger charge is -2.26. The van der Waals surface area contributed by atoms with Crippen molar-refractivity contribution in [1.82, 2.24) is 9.97 Å². The standard InChI is InChI=1S/C42H42N4O4S/c1-41(2,3)30-8-12-32(13-9-30)46(33-14-10-31(11-15-33)42(4,5)6)40-17-16-39(51-40)29-18-20-43-35(24-29)37-22-28(26-50-48)23-38(45(37)7)36-25-34(49-27-47)19-21-44-36/h8-25,27,48H,7,26H2,1-6H3. The third-order valence-corrected chi connectivity index (χ3v) is 9.86. The minimum Gasteiger partial charge on any atom is -0.429 e. The number of hydrogen-bond donors (Lipinski definition) is 1. The van der Waals surface area contributed by atoms with Gasteiger partial charge in [0.15, 0.2) is 0 Å². The van der Waals surface area contributed by atoms with Crippen molar-refractivity contribution in [2.24, 2.45) is 0 Å². The number of thiophene rings is 1. The Bertz CT molecular complexity index is 2090. The van der Waals surface area contributed by atoms with Gasteiger partial charge in [0.05, 0.1) is 11.4 Å². The zero-order chi connectivity index (χ0) is 36.3. The van der Waals surface area contributed by atoms with E-state index in [4.69, 9.17) is 9.72 Å². The van der Waals surface area contributed by atoms with Crippen molar-refractivity contribution in [1.29, 1.82) is 0 Å². The molecule has 0 spiro atoms. The maximum absolute atomic E-state index is 11.0. The number of hydrogen-bond acceptors (Lipinski definition) is 8. The molecule has 4 aromatic heterocycles. The summed E-state index contributed by atoms with van der Waals surface area (Å²) in [6.07, 6.45) is 3.33. The molecule has 0 aliphatic rings. The molecule has 1 N–H and O–H groups in total. The molecule has 0 radical (unpaired) electrons. The Morgan fingerprint density at radius 1 is 0.765 bits per heavy atom. The highest BCUT2D eigenvalue weighted by molar-refractivity contribution is 7.19. The van der Waals surface area contributed by atoms with Gasteiger partial charge in [0.1, 0.15) is 28.7 Å². The van der Waals surface area contributed by atoms with E-state index in [-0.39, 0.29) is 17.4 Å². The average Bonchev–Trinajstić information content (AvgIpc) is 3.59. The molecule has 0 saturated heterocycles. The van der Waals surface area contributed by atoms with Gasteiger partial charge in [-0.05, 0) is 99.8 Å². The Labute approximate surface area is 303 Å². The van der Waals surface area contributed by atoms with Gasteiger partial charge in [-0.3, -0.25) is 20.0 Å². The number of aromatic nitrogens is 3. The summed E-state index contributed by atoms with van der Waals surface area (Å²) in [5.41, 5.74) is 9.00. The molecule has 0 atom stereocenters. The van der Waals surface area contributed by atoms with Gasteiger partial charge in [0.25, 0.3) is 6.47 Å². The van der Waals surface area contributed by atoms with Crippen molar-refractivity contribution in [2.75, 3.05) is 4.90 Å². The highest BCUT2D eigenvalue weighted by Crippen LogP contribution is 2.43. The first kappa shape index (κ1) is 35.5. The number of rotatable bonds is 10. The molecular formula is C42H42N4O4S. The van der Waals surface area contributed by atoms with Crippen molar-refractivity contribution in [2.45, 2.75) is 59.0 Å². The number of nitrogens with zero attached hydrogens (tertiary/aromatic N) is 4. The van der Waals surface area contributed by atoms with Crippen LogP contribution in [-0.4, -0.2) is 21.7 Å². The fraction of sp³-hybridized carbons (Fsp3) is 0.214. The first-order valence-corrected chi connectivity index (χ1v) is 17.5. The Morgan fingerprint density at radius 2 is 1.31 bits per heavy atom. The van der Waals surface area contributed by atoms with Gasteiger partial charge in [-0.2, -0.15) is 0 Å². The van der Waals surface area contributed by atoms with Crippen LogP contribution in [-0.2, 0) is 27.1 Å². The van der Waals surface area contributed by atoms with Crippen LogP contribution in [0.1, 0.15) is 58.2 Å². The topological polar surface area (TPSA) is 88.7 Å². The smallest absolute Gasteiger partial charge is 0.298 e. The summed E-state index contributed by atoms with van der Waals surface area (Å²) < 4.78 is 6.77. The number of ether oxygens (including phenoxy) is 1. The molecule has 0 unspecified atom stereocenters. The fourth-order valence-corrected chi connectivity index (χ4v) is 6.94. The van der Waals surface area contributed by atoms with Crippen molar-refractivity contribution in [3.63, 3.8) is 0 Å². The predicted molar refractivity (Wildman–Crippen MR) is 203 cm³/mol. The third kappa shape index (κ3) is 7.86. The minimum absolute atomic E-state index is 0.0514. The van der Waals surface area contributed by atoms with Gasteiger partial charge in [-0.15, -0.1) is 11.3 Å². The molecule has 0 saturated carbocycles. The molecule has 0 amide bonds. The Kier molecular flexibility index (Phi) is 10.1. The molecular weight excluding hydrogens is 657 g/mol. The molecule has 260 valence electrons.